The van der Waals surface area contributed by atoms with Gasteiger partial charge in [0.1, 0.15) is 0 Å². The van der Waals surface area contributed by atoms with Crippen molar-refractivity contribution in [1.29, 1.82) is 0 Å². The molecular formula is C18H13F3N2O2. The highest BCUT2D eigenvalue weighted by Gasteiger charge is 2.33. The number of benzene rings is 2. The number of aromatic nitrogens is 1. The minimum Gasteiger partial charge on any atom is -0.321 e. The number of pyridine rings is 1. The third-order valence-corrected chi connectivity index (χ3v) is 3.88. The van der Waals surface area contributed by atoms with Gasteiger partial charge in [-0.25, -0.2) is 0 Å². The highest BCUT2D eigenvalue weighted by atomic mass is 19.4. The molecule has 25 heavy (non-hydrogen) atoms. The second kappa shape index (κ2) is 6.08. The third-order valence-electron chi connectivity index (χ3n) is 3.88. The summed E-state index contributed by atoms with van der Waals surface area (Å²) in [7, 11) is 1.56. The van der Waals surface area contributed by atoms with Crippen molar-refractivity contribution in [3.05, 3.63) is 76.1 Å². The smallest absolute Gasteiger partial charge is 0.321 e. The molecule has 1 aromatic heterocycles. The molecule has 1 heterocycles. The summed E-state index contributed by atoms with van der Waals surface area (Å²) in [5.41, 5.74) is -1.19. The van der Waals surface area contributed by atoms with E-state index in [1.165, 1.54) is 22.8 Å². The molecule has 7 heteroatoms. The molecule has 1 amide bonds. The molecule has 0 aliphatic rings. The first kappa shape index (κ1) is 16.8. The maximum atomic E-state index is 13.1. The van der Waals surface area contributed by atoms with Crippen molar-refractivity contribution in [2.45, 2.75) is 6.18 Å². The van der Waals surface area contributed by atoms with Gasteiger partial charge >= 0.3 is 6.18 Å². The van der Waals surface area contributed by atoms with Crippen LogP contribution in [0.4, 0.5) is 18.9 Å². The number of fused-ring (bicyclic) bond motifs is 1. The van der Waals surface area contributed by atoms with Gasteiger partial charge < -0.3 is 9.88 Å². The summed E-state index contributed by atoms with van der Waals surface area (Å²) < 4.78 is 40.6. The van der Waals surface area contributed by atoms with E-state index in [1.54, 1.807) is 31.3 Å². The van der Waals surface area contributed by atoms with Crippen LogP contribution in [0.3, 0.4) is 0 Å². The standard InChI is InChI=1S/C18H13F3N2O2/c1-23-15-9-5-2-6-11(15)12(10-16(23)24)17(25)22-14-8-4-3-7-13(14)18(19,20)21/h2-10H,1H3,(H,22,25). The lowest BCUT2D eigenvalue weighted by molar-refractivity contribution is -0.136. The number of amides is 1. The van der Waals surface area contributed by atoms with Crippen LogP contribution in [-0.4, -0.2) is 10.5 Å². The molecule has 1 N–H and O–H groups in total. The van der Waals surface area contributed by atoms with Crippen LogP contribution >= 0.6 is 0 Å². The molecule has 0 saturated heterocycles. The van der Waals surface area contributed by atoms with E-state index in [1.807, 2.05) is 0 Å². The molecule has 0 bridgehead atoms. The highest BCUT2D eigenvalue weighted by molar-refractivity contribution is 6.12. The molecule has 2 aromatic carbocycles. The van der Waals surface area contributed by atoms with Crippen LogP contribution in [0.2, 0.25) is 0 Å². The van der Waals surface area contributed by atoms with Gasteiger partial charge in [0, 0.05) is 18.5 Å². The summed E-state index contributed by atoms with van der Waals surface area (Å²) in [6.45, 7) is 0. The number of nitrogens with one attached hydrogen (secondary N) is 1. The van der Waals surface area contributed by atoms with E-state index in [0.717, 1.165) is 12.1 Å². The van der Waals surface area contributed by atoms with E-state index < -0.39 is 23.2 Å². The van der Waals surface area contributed by atoms with Crippen molar-refractivity contribution >= 4 is 22.5 Å². The Bertz CT molecular complexity index is 1020. The summed E-state index contributed by atoms with van der Waals surface area (Å²) in [6, 6.07) is 12.5. The fraction of sp³-hybridized carbons (Fsp3) is 0.111. The topological polar surface area (TPSA) is 51.1 Å². The lowest BCUT2D eigenvalue weighted by Gasteiger charge is -2.14. The number of rotatable bonds is 2. The van der Waals surface area contributed by atoms with E-state index in [2.05, 4.69) is 5.32 Å². The number of nitrogens with zero attached hydrogens (tertiary/aromatic N) is 1. The minimum atomic E-state index is -4.60. The van der Waals surface area contributed by atoms with Crippen LogP contribution in [0.1, 0.15) is 15.9 Å². The van der Waals surface area contributed by atoms with Crippen molar-refractivity contribution in [1.82, 2.24) is 4.57 Å². The second-order valence-corrected chi connectivity index (χ2v) is 5.47. The number of carbonyl (C=O) groups excluding carboxylic acids is 1. The van der Waals surface area contributed by atoms with E-state index in [9.17, 15) is 22.8 Å². The molecule has 4 nitrogen and oxygen atoms in total. The van der Waals surface area contributed by atoms with Gasteiger partial charge in [-0.15, -0.1) is 0 Å². The zero-order chi connectivity index (χ0) is 18.2. The Kier molecular flexibility index (Phi) is 4.08. The largest absolute Gasteiger partial charge is 0.418 e. The highest BCUT2D eigenvalue weighted by Crippen LogP contribution is 2.34. The monoisotopic (exact) mass is 346 g/mol. The maximum absolute atomic E-state index is 13.1. The van der Waals surface area contributed by atoms with Crippen LogP contribution < -0.4 is 10.9 Å². The van der Waals surface area contributed by atoms with E-state index >= 15 is 0 Å². The Labute approximate surface area is 140 Å². The lowest BCUT2D eigenvalue weighted by Crippen LogP contribution is -2.22. The summed E-state index contributed by atoms with van der Waals surface area (Å²) in [5.74, 6) is -0.773. The van der Waals surface area contributed by atoms with Crippen molar-refractivity contribution in [2.24, 2.45) is 7.05 Å². The SMILES string of the molecule is Cn1c(=O)cc(C(=O)Nc2ccccc2C(F)(F)F)c2ccccc21. The minimum absolute atomic E-state index is 0.0238. The molecule has 0 atom stereocenters. The van der Waals surface area contributed by atoms with Gasteiger partial charge in [-0.1, -0.05) is 30.3 Å². The van der Waals surface area contributed by atoms with Gasteiger partial charge in [0.15, 0.2) is 0 Å². The number of halogens is 3. The van der Waals surface area contributed by atoms with E-state index in [0.29, 0.717) is 10.9 Å². The first-order chi connectivity index (χ1) is 11.8. The molecule has 0 aliphatic carbocycles. The predicted octanol–water partition coefficient (Wildman–Crippen LogP) is 3.81. The molecule has 0 aliphatic heterocycles. The van der Waals surface area contributed by atoms with Crippen molar-refractivity contribution in [3.63, 3.8) is 0 Å². The number of para-hydroxylation sites is 2. The van der Waals surface area contributed by atoms with Crippen molar-refractivity contribution in [2.75, 3.05) is 5.32 Å². The third kappa shape index (κ3) is 3.13. The Balaban J connectivity index is 2.09. The molecule has 0 saturated carbocycles. The Morgan fingerprint density at radius 1 is 1.04 bits per heavy atom. The van der Waals surface area contributed by atoms with Crippen LogP contribution in [0.25, 0.3) is 10.9 Å². The number of alkyl halides is 3. The van der Waals surface area contributed by atoms with Crippen LogP contribution in [-0.2, 0) is 13.2 Å². The van der Waals surface area contributed by atoms with Crippen LogP contribution in [0.15, 0.2) is 59.4 Å². The normalized spacial score (nSPS) is 11.5. The summed E-state index contributed by atoms with van der Waals surface area (Å²) >= 11 is 0. The molecule has 128 valence electrons. The number of carbonyl (C=O) groups is 1. The molecule has 0 radical (unpaired) electrons. The Hall–Kier alpha value is -3.09. The average molecular weight is 346 g/mol. The first-order valence-electron chi connectivity index (χ1n) is 7.35. The number of anilines is 1. The van der Waals surface area contributed by atoms with Gasteiger partial charge in [-0.05, 0) is 18.2 Å². The van der Waals surface area contributed by atoms with Gasteiger partial charge in [0.25, 0.3) is 11.5 Å². The molecule has 3 aromatic rings. The van der Waals surface area contributed by atoms with Gasteiger partial charge in [-0.3, -0.25) is 9.59 Å². The Morgan fingerprint density at radius 3 is 2.40 bits per heavy atom. The quantitative estimate of drug-likeness (QED) is 0.767. The van der Waals surface area contributed by atoms with Crippen LogP contribution in [0.5, 0.6) is 0 Å². The number of hydrogen-bond acceptors (Lipinski definition) is 2. The predicted molar refractivity (Wildman–Crippen MR) is 88.6 cm³/mol. The van der Waals surface area contributed by atoms with Crippen LogP contribution in [0, 0.1) is 0 Å². The molecule has 0 spiro atoms. The number of aryl methyl sites for hydroxylation is 1. The second-order valence-electron chi connectivity index (χ2n) is 5.47. The van der Waals surface area contributed by atoms with E-state index in [4.69, 9.17) is 0 Å². The molecule has 3 rings (SSSR count). The summed E-state index contributed by atoms with van der Waals surface area (Å²) in [5, 5.41) is 2.74. The fourth-order valence-corrected chi connectivity index (χ4v) is 2.63. The van der Waals surface area contributed by atoms with Crippen molar-refractivity contribution < 1.29 is 18.0 Å². The fourth-order valence-electron chi connectivity index (χ4n) is 2.63. The molecular weight excluding hydrogens is 333 g/mol. The van der Waals surface area contributed by atoms with Gasteiger partial charge in [0.05, 0.1) is 22.3 Å². The molecule has 0 unspecified atom stereocenters. The van der Waals surface area contributed by atoms with Crippen molar-refractivity contribution in [3.8, 4) is 0 Å². The van der Waals surface area contributed by atoms with Gasteiger partial charge in [-0.2, -0.15) is 13.2 Å². The number of hydrogen-bond donors (Lipinski definition) is 1. The summed E-state index contributed by atoms with van der Waals surface area (Å²) in [6.07, 6.45) is -4.60. The molecule has 0 fully saturated rings. The summed E-state index contributed by atoms with van der Waals surface area (Å²) in [4.78, 5) is 24.6. The first-order valence-corrected chi connectivity index (χ1v) is 7.35. The lowest BCUT2D eigenvalue weighted by atomic mass is 10.1. The average Bonchev–Trinajstić information content (AvgIpc) is 2.57. The maximum Gasteiger partial charge on any atom is 0.418 e. The van der Waals surface area contributed by atoms with Gasteiger partial charge in [0.2, 0.25) is 0 Å². The van der Waals surface area contributed by atoms with E-state index in [-0.39, 0.29) is 11.3 Å². The zero-order valence-corrected chi connectivity index (χ0v) is 13.1. The Morgan fingerprint density at radius 2 is 1.68 bits per heavy atom. The zero-order valence-electron chi connectivity index (χ0n) is 13.1.